The molecule has 0 atom stereocenters. The van der Waals surface area contributed by atoms with Gasteiger partial charge in [-0.25, -0.2) is 4.63 Å². The van der Waals surface area contributed by atoms with Gasteiger partial charge in [-0.15, -0.1) is 0 Å². The lowest BCUT2D eigenvalue weighted by Crippen LogP contribution is -2.23. The molecule has 2 aromatic rings. The summed E-state index contributed by atoms with van der Waals surface area (Å²) in [4.78, 5) is 0. The van der Waals surface area contributed by atoms with Crippen LogP contribution in [-0.2, 0) is 0 Å². The van der Waals surface area contributed by atoms with Crippen LogP contribution in [0.5, 0.6) is 0 Å². The third-order valence-electron chi connectivity index (χ3n) is 3.66. The largest absolute Gasteiger partial charge is 0.397 e. The lowest BCUT2D eigenvalue weighted by Gasteiger charge is -2.25. The fourth-order valence-electron chi connectivity index (χ4n) is 2.30. The molecule has 0 aliphatic heterocycles. The maximum atomic E-state index is 5.84. The predicted octanol–water partition coefficient (Wildman–Crippen LogP) is 3.82. The van der Waals surface area contributed by atoms with Gasteiger partial charge < -0.3 is 11.1 Å². The summed E-state index contributed by atoms with van der Waals surface area (Å²) < 4.78 is 4.78. The summed E-state index contributed by atoms with van der Waals surface area (Å²) in [5.74, 6) is 0. The van der Waals surface area contributed by atoms with Gasteiger partial charge in [0.25, 0.3) is 0 Å². The molecule has 0 aliphatic rings. The quantitative estimate of drug-likeness (QED) is 0.593. The van der Waals surface area contributed by atoms with Crippen molar-refractivity contribution in [1.82, 2.24) is 10.3 Å². The molecule has 0 aliphatic carbocycles. The van der Waals surface area contributed by atoms with E-state index in [-0.39, 0.29) is 5.41 Å². The van der Waals surface area contributed by atoms with E-state index in [0.717, 1.165) is 12.2 Å². The molecule has 1 aromatic heterocycles. The summed E-state index contributed by atoms with van der Waals surface area (Å²) in [5, 5.41) is 11.2. The summed E-state index contributed by atoms with van der Waals surface area (Å²) in [5.41, 5.74) is 8.94. The van der Waals surface area contributed by atoms with Crippen molar-refractivity contribution >= 4 is 22.4 Å². The molecule has 0 spiro atoms. The molecule has 5 heteroatoms. The van der Waals surface area contributed by atoms with Gasteiger partial charge in [-0.3, -0.25) is 0 Å². The highest BCUT2D eigenvalue weighted by atomic mass is 16.6. The molecule has 20 heavy (non-hydrogen) atoms. The Morgan fingerprint density at radius 1 is 1.20 bits per heavy atom. The molecule has 1 aromatic carbocycles. The van der Waals surface area contributed by atoms with Crippen LogP contribution in [0.2, 0.25) is 0 Å². The van der Waals surface area contributed by atoms with Crippen LogP contribution in [0, 0.1) is 5.41 Å². The van der Waals surface area contributed by atoms with Crippen LogP contribution in [0.15, 0.2) is 16.8 Å². The molecule has 5 nitrogen and oxygen atoms in total. The highest BCUT2D eigenvalue weighted by Crippen LogP contribution is 2.28. The molecule has 0 bridgehead atoms. The van der Waals surface area contributed by atoms with Gasteiger partial charge in [0.2, 0.25) is 0 Å². The maximum absolute atomic E-state index is 5.84. The fraction of sp³-hybridized carbons (Fsp3) is 0.600. The van der Waals surface area contributed by atoms with Crippen LogP contribution in [0.1, 0.15) is 46.5 Å². The molecule has 110 valence electrons. The summed E-state index contributed by atoms with van der Waals surface area (Å²) in [6, 6.07) is 3.77. The predicted molar refractivity (Wildman–Crippen MR) is 82.6 cm³/mol. The van der Waals surface area contributed by atoms with Crippen LogP contribution < -0.4 is 11.1 Å². The van der Waals surface area contributed by atoms with Crippen LogP contribution in [0.25, 0.3) is 11.0 Å². The molecule has 0 fully saturated rings. The monoisotopic (exact) mass is 276 g/mol. The first-order valence-electron chi connectivity index (χ1n) is 7.28. The van der Waals surface area contributed by atoms with Gasteiger partial charge in [0, 0.05) is 6.54 Å². The summed E-state index contributed by atoms with van der Waals surface area (Å²) in [7, 11) is 0. The smallest absolute Gasteiger partial charge is 0.160 e. The molecule has 0 amide bonds. The minimum atomic E-state index is 0.250. The molecule has 1 heterocycles. The zero-order chi connectivity index (χ0) is 14.6. The number of hydrogen-bond donors (Lipinski definition) is 2. The molecule has 0 radical (unpaired) electrons. The first kappa shape index (κ1) is 14.6. The van der Waals surface area contributed by atoms with Gasteiger partial charge in [0.1, 0.15) is 0 Å². The van der Waals surface area contributed by atoms with Crippen molar-refractivity contribution in [1.29, 1.82) is 0 Å². The van der Waals surface area contributed by atoms with E-state index >= 15 is 0 Å². The number of anilines is 2. The molecular formula is C15H24N4O. The third kappa shape index (κ3) is 3.40. The van der Waals surface area contributed by atoms with E-state index in [1.165, 1.54) is 25.7 Å². The average Bonchev–Trinajstić information content (AvgIpc) is 2.88. The van der Waals surface area contributed by atoms with Crippen LogP contribution in [-0.4, -0.2) is 16.9 Å². The molecule has 0 saturated heterocycles. The van der Waals surface area contributed by atoms with E-state index in [1.54, 1.807) is 0 Å². The number of aromatic nitrogens is 2. The van der Waals surface area contributed by atoms with Crippen molar-refractivity contribution < 1.29 is 4.63 Å². The number of hydrogen-bond acceptors (Lipinski definition) is 5. The maximum Gasteiger partial charge on any atom is 0.160 e. The number of nitrogen functional groups attached to an aromatic ring is 1. The van der Waals surface area contributed by atoms with Gasteiger partial charge in [0.05, 0.1) is 11.4 Å². The minimum absolute atomic E-state index is 0.250. The number of rotatable bonds is 7. The van der Waals surface area contributed by atoms with Crippen LogP contribution >= 0.6 is 0 Å². The summed E-state index contributed by atoms with van der Waals surface area (Å²) >= 11 is 0. The van der Waals surface area contributed by atoms with E-state index in [2.05, 4.69) is 36.4 Å². The van der Waals surface area contributed by atoms with Gasteiger partial charge in [0.15, 0.2) is 11.0 Å². The van der Waals surface area contributed by atoms with Gasteiger partial charge in [-0.05, 0) is 34.3 Å². The second-order valence-corrected chi connectivity index (χ2v) is 6.14. The SMILES string of the molecule is CCCCCC(C)(C)CNc1ccc(N)c2nonc12. The molecule has 0 saturated carbocycles. The van der Waals surface area contributed by atoms with E-state index in [0.29, 0.717) is 16.7 Å². The van der Waals surface area contributed by atoms with Crippen molar-refractivity contribution in [3.63, 3.8) is 0 Å². The summed E-state index contributed by atoms with van der Waals surface area (Å²) in [6.07, 6.45) is 5.03. The Morgan fingerprint density at radius 3 is 2.70 bits per heavy atom. The van der Waals surface area contributed by atoms with E-state index in [1.807, 2.05) is 12.1 Å². The Kier molecular flexibility index (Phi) is 4.47. The van der Waals surface area contributed by atoms with Crippen molar-refractivity contribution in [2.45, 2.75) is 46.5 Å². The lowest BCUT2D eigenvalue weighted by atomic mass is 9.87. The summed E-state index contributed by atoms with van der Waals surface area (Å²) in [6.45, 7) is 7.69. The highest BCUT2D eigenvalue weighted by molar-refractivity contribution is 5.94. The second-order valence-electron chi connectivity index (χ2n) is 6.14. The second kappa shape index (κ2) is 6.11. The molecule has 3 N–H and O–H groups in total. The van der Waals surface area contributed by atoms with Gasteiger partial charge >= 0.3 is 0 Å². The molecule has 2 rings (SSSR count). The Hall–Kier alpha value is -1.78. The fourth-order valence-corrected chi connectivity index (χ4v) is 2.30. The van der Waals surface area contributed by atoms with E-state index in [4.69, 9.17) is 10.4 Å². The Morgan fingerprint density at radius 2 is 1.95 bits per heavy atom. The van der Waals surface area contributed by atoms with Crippen molar-refractivity contribution in [2.75, 3.05) is 17.6 Å². The third-order valence-corrected chi connectivity index (χ3v) is 3.66. The number of nitrogens with two attached hydrogens (primary N) is 1. The van der Waals surface area contributed by atoms with E-state index < -0.39 is 0 Å². The minimum Gasteiger partial charge on any atom is -0.397 e. The number of nitrogens with one attached hydrogen (secondary N) is 1. The number of unbranched alkanes of at least 4 members (excludes halogenated alkanes) is 2. The first-order valence-corrected chi connectivity index (χ1v) is 7.28. The Labute approximate surface area is 119 Å². The Balaban J connectivity index is 2.02. The zero-order valence-electron chi connectivity index (χ0n) is 12.6. The van der Waals surface area contributed by atoms with Crippen LogP contribution in [0.4, 0.5) is 11.4 Å². The van der Waals surface area contributed by atoms with Gasteiger partial charge in [-0.1, -0.05) is 40.0 Å². The van der Waals surface area contributed by atoms with Crippen LogP contribution in [0.3, 0.4) is 0 Å². The zero-order valence-corrected chi connectivity index (χ0v) is 12.6. The van der Waals surface area contributed by atoms with Gasteiger partial charge in [-0.2, -0.15) is 0 Å². The van der Waals surface area contributed by atoms with E-state index in [9.17, 15) is 0 Å². The number of fused-ring (bicyclic) bond motifs is 1. The average molecular weight is 276 g/mol. The van der Waals surface area contributed by atoms with Crippen molar-refractivity contribution in [3.05, 3.63) is 12.1 Å². The van der Waals surface area contributed by atoms with Crippen molar-refractivity contribution in [3.8, 4) is 0 Å². The number of nitrogens with zero attached hydrogens (tertiary/aromatic N) is 2. The van der Waals surface area contributed by atoms with Crippen molar-refractivity contribution in [2.24, 2.45) is 5.41 Å². The lowest BCUT2D eigenvalue weighted by molar-refractivity contribution is 0.315. The Bertz CT molecular complexity index is 562. The first-order chi connectivity index (χ1) is 9.53. The molecular weight excluding hydrogens is 252 g/mol. The normalized spacial score (nSPS) is 11.9. The highest BCUT2D eigenvalue weighted by Gasteiger charge is 2.18. The topological polar surface area (TPSA) is 77.0 Å². The number of benzene rings is 1. The molecule has 0 unspecified atom stereocenters. The standard InChI is InChI=1S/C15H24N4O/c1-4-5-6-9-15(2,3)10-17-12-8-7-11(16)13-14(12)19-20-18-13/h7-8,17H,4-6,9-10,16H2,1-3H3.